The molecule has 5 nitrogen and oxygen atoms in total. The van der Waals surface area contributed by atoms with E-state index in [2.05, 4.69) is 0 Å². The Labute approximate surface area is 102 Å². The second kappa shape index (κ2) is 6.06. The molecule has 0 saturated heterocycles. The van der Waals surface area contributed by atoms with Crippen LogP contribution >= 0.6 is 0 Å². The van der Waals surface area contributed by atoms with Crippen LogP contribution < -0.4 is 0 Å². The zero-order chi connectivity index (χ0) is 13.7. The minimum absolute atomic E-state index is 0.504. The molecule has 0 rings (SSSR count). The van der Waals surface area contributed by atoms with Crippen LogP contribution in [0.3, 0.4) is 0 Å². The van der Waals surface area contributed by atoms with Gasteiger partial charge in [0.2, 0.25) is 0 Å². The monoisotopic (exact) mass is 278 g/mol. The molecule has 0 N–H and O–H groups in total. The Hall–Kier alpha value is -1.02. The Morgan fingerprint density at radius 3 is 1.47 bits per heavy atom. The minimum Gasteiger partial charge on any atom is -0.344 e. The van der Waals surface area contributed by atoms with Gasteiger partial charge in [-0.2, -0.15) is 0 Å². The summed E-state index contributed by atoms with van der Waals surface area (Å²) in [7, 11) is -7.31. The maximum atomic E-state index is 11.4. The first-order valence-electron chi connectivity index (χ1n) is 4.63. The Morgan fingerprint density at radius 1 is 0.941 bits per heavy atom. The van der Waals surface area contributed by atoms with Gasteiger partial charge in [-0.15, -0.1) is 12.8 Å². The predicted octanol–water partition coefficient (Wildman–Crippen LogP) is -0.209. The average Bonchev–Trinajstić information content (AvgIpc) is 2.17. The largest absolute Gasteiger partial charge is 0.344 e. The fourth-order valence-corrected chi connectivity index (χ4v) is 2.58. The molecule has 0 radical (unpaired) electrons. The highest BCUT2D eigenvalue weighted by atomic mass is 32.2. The van der Waals surface area contributed by atoms with Crippen molar-refractivity contribution < 1.29 is 21.6 Å². The summed E-state index contributed by atoms with van der Waals surface area (Å²) >= 11 is 0. The van der Waals surface area contributed by atoms with Crippen molar-refractivity contribution in [1.29, 1.82) is 0 Å². The van der Waals surface area contributed by atoms with E-state index in [9.17, 15) is 16.8 Å². The van der Waals surface area contributed by atoms with Gasteiger partial charge in [-0.05, 0) is 13.8 Å². The molecule has 0 amide bonds. The predicted molar refractivity (Wildman–Crippen MR) is 65.2 cm³/mol. The number of rotatable bonds is 6. The quantitative estimate of drug-likeness (QED) is 0.628. The first-order chi connectivity index (χ1) is 7.67. The third-order valence-corrected chi connectivity index (χ3v) is 5.35. The van der Waals surface area contributed by atoms with Crippen molar-refractivity contribution in [1.82, 2.24) is 0 Å². The highest BCUT2D eigenvalue weighted by Crippen LogP contribution is 2.11. The van der Waals surface area contributed by atoms with Crippen LogP contribution in [0.15, 0.2) is 0 Å². The van der Waals surface area contributed by atoms with Crippen LogP contribution in [0.5, 0.6) is 0 Å². The Kier molecular flexibility index (Phi) is 5.70. The van der Waals surface area contributed by atoms with Gasteiger partial charge in [-0.1, -0.05) is 11.8 Å². The number of hydrogen-bond acceptors (Lipinski definition) is 5. The summed E-state index contributed by atoms with van der Waals surface area (Å²) in [5, 5.41) is 0. The molecule has 0 aromatic carbocycles. The topological polar surface area (TPSA) is 77.5 Å². The van der Waals surface area contributed by atoms with E-state index in [-0.39, 0.29) is 0 Å². The Balaban J connectivity index is 4.80. The van der Waals surface area contributed by atoms with E-state index >= 15 is 0 Å². The zero-order valence-electron chi connectivity index (χ0n) is 9.58. The van der Waals surface area contributed by atoms with Crippen molar-refractivity contribution in [3.8, 4) is 24.7 Å². The second-order valence-corrected chi connectivity index (χ2v) is 7.85. The SMILES string of the molecule is C#CCS(=O)(=O)C(C)OC(C)S(=O)(=O)CC#C. The maximum Gasteiger partial charge on any atom is 0.188 e. The zero-order valence-corrected chi connectivity index (χ0v) is 11.2. The van der Waals surface area contributed by atoms with E-state index in [1.807, 2.05) is 11.8 Å². The smallest absolute Gasteiger partial charge is 0.188 e. The van der Waals surface area contributed by atoms with Crippen LogP contribution in [0, 0.1) is 24.7 Å². The molecule has 96 valence electrons. The van der Waals surface area contributed by atoms with Crippen molar-refractivity contribution >= 4 is 19.7 Å². The molecule has 0 bridgehead atoms. The number of ether oxygens (including phenoxy) is 1. The first-order valence-corrected chi connectivity index (χ1v) is 8.06. The van der Waals surface area contributed by atoms with Crippen LogP contribution in [-0.4, -0.2) is 39.2 Å². The first kappa shape index (κ1) is 16.0. The average molecular weight is 278 g/mol. The summed E-state index contributed by atoms with van der Waals surface area (Å²) in [6.07, 6.45) is 9.77. The molecule has 0 aromatic heterocycles. The number of sulfone groups is 2. The third kappa shape index (κ3) is 4.78. The van der Waals surface area contributed by atoms with E-state index in [0.717, 1.165) is 0 Å². The lowest BCUT2D eigenvalue weighted by Crippen LogP contribution is -2.32. The normalized spacial score (nSPS) is 15.5. The van der Waals surface area contributed by atoms with E-state index in [0.29, 0.717) is 0 Å². The standard InChI is InChI=1S/C10H14O5S2/c1-5-7-16(11,12)9(3)15-10(4)17(13,14)8-6-2/h1-2,9-10H,7-8H2,3-4H3. The van der Waals surface area contributed by atoms with Gasteiger partial charge in [-0.25, -0.2) is 16.8 Å². The molecule has 2 unspecified atom stereocenters. The Morgan fingerprint density at radius 2 is 1.24 bits per heavy atom. The van der Waals surface area contributed by atoms with Crippen LogP contribution in [0.4, 0.5) is 0 Å². The van der Waals surface area contributed by atoms with Crippen molar-refractivity contribution in [3.63, 3.8) is 0 Å². The van der Waals surface area contributed by atoms with Crippen LogP contribution in [0.25, 0.3) is 0 Å². The van der Waals surface area contributed by atoms with Crippen LogP contribution in [-0.2, 0) is 24.4 Å². The fraction of sp³-hybridized carbons (Fsp3) is 0.600. The van der Waals surface area contributed by atoms with Gasteiger partial charge in [0.05, 0.1) is 0 Å². The van der Waals surface area contributed by atoms with E-state index in [1.54, 1.807) is 0 Å². The third-order valence-electron chi connectivity index (χ3n) is 1.96. The molecule has 0 aliphatic carbocycles. The molecule has 2 atom stereocenters. The summed E-state index contributed by atoms with van der Waals surface area (Å²) < 4.78 is 50.7. The summed E-state index contributed by atoms with van der Waals surface area (Å²) in [6.45, 7) is 2.46. The summed E-state index contributed by atoms with van der Waals surface area (Å²) in [6, 6.07) is 0. The molecular formula is C10H14O5S2. The highest BCUT2D eigenvalue weighted by molar-refractivity contribution is 7.92. The van der Waals surface area contributed by atoms with Gasteiger partial charge in [0.15, 0.2) is 30.5 Å². The van der Waals surface area contributed by atoms with E-state index in [1.165, 1.54) is 13.8 Å². The maximum absolute atomic E-state index is 11.4. The van der Waals surface area contributed by atoms with Gasteiger partial charge in [0, 0.05) is 0 Å². The summed E-state index contributed by atoms with van der Waals surface area (Å²) in [5.74, 6) is 2.94. The van der Waals surface area contributed by atoms with E-state index in [4.69, 9.17) is 17.6 Å². The van der Waals surface area contributed by atoms with Crippen molar-refractivity contribution in [2.24, 2.45) is 0 Å². The van der Waals surface area contributed by atoms with Crippen molar-refractivity contribution in [2.75, 3.05) is 11.5 Å². The molecule has 0 aliphatic rings. The molecule has 0 aliphatic heterocycles. The molecule has 7 heteroatoms. The molecule has 0 fully saturated rings. The molecule has 0 heterocycles. The number of hydrogen-bond donors (Lipinski definition) is 0. The lowest BCUT2D eigenvalue weighted by molar-refractivity contribution is 0.100. The van der Waals surface area contributed by atoms with Crippen molar-refractivity contribution in [2.45, 2.75) is 24.7 Å². The minimum atomic E-state index is -3.66. The lowest BCUT2D eigenvalue weighted by atomic mass is 10.8. The summed E-state index contributed by atoms with van der Waals surface area (Å²) in [4.78, 5) is 0. The van der Waals surface area contributed by atoms with Crippen molar-refractivity contribution in [3.05, 3.63) is 0 Å². The van der Waals surface area contributed by atoms with Gasteiger partial charge in [-0.3, -0.25) is 0 Å². The summed E-state index contributed by atoms with van der Waals surface area (Å²) in [5.41, 5.74) is -2.58. The fourth-order valence-electron chi connectivity index (χ4n) is 0.906. The van der Waals surface area contributed by atoms with Gasteiger partial charge >= 0.3 is 0 Å². The van der Waals surface area contributed by atoms with E-state index < -0.39 is 42.1 Å². The van der Waals surface area contributed by atoms with Crippen LogP contribution in [0.2, 0.25) is 0 Å². The molecular weight excluding hydrogens is 264 g/mol. The van der Waals surface area contributed by atoms with Gasteiger partial charge in [0.25, 0.3) is 0 Å². The molecule has 0 saturated carbocycles. The Bertz CT molecular complexity index is 480. The second-order valence-electron chi connectivity index (χ2n) is 3.29. The molecule has 0 spiro atoms. The lowest BCUT2D eigenvalue weighted by Gasteiger charge is -2.17. The van der Waals surface area contributed by atoms with Crippen LogP contribution in [0.1, 0.15) is 13.8 Å². The number of terminal acetylenes is 2. The van der Waals surface area contributed by atoms with Gasteiger partial charge < -0.3 is 4.74 Å². The molecule has 0 aromatic rings. The highest BCUT2D eigenvalue weighted by Gasteiger charge is 2.28. The van der Waals surface area contributed by atoms with Gasteiger partial charge in [0.1, 0.15) is 11.5 Å². The molecule has 17 heavy (non-hydrogen) atoms.